The second-order valence-electron chi connectivity index (χ2n) is 4.02. The first kappa shape index (κ1) is 12.4. The van der Waals surface area contributed by atoms with Crippen molar-refractivity contribution in [2.75, 3.05) is 6.54 Å². The molecule has 0 saturated heterocycles. The van der Waals surface area contributed by atoms with E-state index in [1.807, 2.05) is 13.8 Å². The Bertz CT molecular complexity index is 423. The van der Waals surface area contributed by atoms with Crippen LogP contribution < -0.4 is 10.9 Å². The predicted molar refractivity (Wildman–Crippen MR) is 61.1 cm³/mol. The number of nitrogens with one attached hydrogen (secondary N) is 1. The Balaban J connectivity index is 2.53. The zero-order valence-electron chi connectivity index (χ0n) is 9.86. The summed E-state index contributed by atoms with van der Waals surface area (Å²) in [7, 11) is 0. The number of rotatable bonds is 4. The molecule has 1 rings (SSSR count). The molecule has 0 bridgehead atoms. The molecule has 0 aliphatic rings. The van der Waals surface area contributed by atoms with Gasteiger partial charge in [0.05, 0.1) is 6.33 Å². The fourth-order valence-electron chi connectivity index (χ4n) is 1.22. The summed E-state index contributed by atoms with van der Waals surface area (Å²) in [4.78, 5) is 26.8. The van der Waals surface area contributed by atoms with Crippen LogP contribution in [-0.4, -0.2) is 22.0 Å². The van der Waals surface area contributed by atoms with Gasteiger partial charge in [0.1, 0.15) is 0 Å². The molecule has 5 heteroatoms. The van der Waals surface area contributed by atoms with Gasteiger partial charge in [-0.3, -0.25) is 14.2 Å². The van der Waals surface area contributed by atoms with Gasteiger partial charge in [0.25, 0.3) is 5.56 Å². The number of carbonyl (C=O) groups excluding carboxylic acids is 1. The molecule has 16 heavy (non-hydrogen) atoms. The average molecular weight is 223 g/mol. The van der Waals surface area contributed by atoms with Gasteiger partial charge in [0.2, 0.25) is 5.91 Å². The molecule has 0 aromatic carbocycles. The third-order valence-corrected chi connectivity index (χ3v) is 2.25. The van der Waals surface area contributed by atoms with Crippen LogP contribution in [0.3, 0.4) is 0 Å². The Kier molecular flexibility index (Phi) is 4.22. The van der Waals surface area contributed by atoms with Crippen LogP contribution in [-0.2, 0) is 11.3 Å². The van der Waals surface area contributed by atoms with Gasteiger partial charge in [-0.15, -0.1) is 0 Å². The average Bonchev–Trinajstić information content (AvgIpc) is 2.24. The quantitative estimate of drug-likeness (QED) is 0.799. The second kappa shape index (κ2) is 5.44. The number of hydrogen-bond acceptors (Lipinski definition) is 3. The first-order chi connectivity index (χ1) is 7.52. The van der Waals surface area contributed by atoms with Crippen molar-refractivity contribution in [2.45, 2.75) is 27.3 Å². The normalized spacial score (nSPS) is 10.5. The molecule has 0 radical (unpaired) electrons. The van der Waals surface area contributed by atoms with Crippen molar-refractivity contribution in [1.82, 2.24) is 14.9 Å². The molecule has 0 atom stereocenters. The molecule has 0 saturated carbocycles. The van der Waals surface area contributed by atoms with E-state index in [4.69, 9.17) is 0 Å². The summed E-state index contributed by atoms with van der Waals surface area (Å²) >= 11 is 0. The van der Waals surface area contributed by atoms with Gasteiger partial charge >= 0.3 is 0 Å². The zero-order chi connectivity index (χ0) is 12.1. The van der Waals surface area contributed by atoms with Crippen molar-refractivity contribution >= 4 is 5.91 Å². The highest BCUT2D eigenvalue weighted by atomic mass is 16.2. The highest BCUT2D eigenvalue weighted by Crippen LogP contribution is 1.90. The molecule has 1 aromatic rings. The van der Waals surface area contributed by atoms with Crippen molar-refractivity contribution < 1.29 is 4.79 Å². The summed E-state index contributed by atoms with van der Waals surface area (Å²) in [5.74, 6) is -0.0407. The lowest BCUT2D eigenvalue weighted by molar-refractivity contribution is -0.124. The Morgan fingerprint density at radius 2 is 2.25 bits per heavy atom. The summed E-state index contributed by atoms with van der Waals surface area (Å²) in [6.45, 7) is 6.28. The smallest absolute Gasteiger partial charge is 0.256 e. The molecule has 88 valence electrons. The third-order valence-electron chi connectivity index (χ3n) is 2.25. The van der Waals surface area contributed by atoms with Crippen LogP contribution in [0.1, 0.15) is 19.4 Å². The number of carbonyl (C=O) groups is 1. The Morgan fingerprint density at radius 3 is 2.88 bits per heavy atom. The standard InChI is InChI=1S/C11H17N3O2/c1-8(2)10(15)13-4-5-14-7-12-6-9(3)11(14)16/h6-8H,4-5H2,1-3H3,(H,13,15). The van der Waals surface area contributed by atoms with E-state index in [0.717, 1.165) is 0 Å². The zero-order valence-corrected chi connectivity index (χ0v) is 9.86. The van der Waals surface area contributed by atoms with E-state index >= 15 is 0 Å². The van der Waals surface area contributed by atoms with Gasteiger partial charge in [-0.05, 0) is 6.92 Å². The van der Waals surface area contributed by atoms with Crippen molar-refractivity contribution in [3.63, 3.8) is 0 Å². The first-order valence-corrected chi connectivity index (χ1v) is 5.31. The van der Waals surface area contributed by atoms with Crippen LogP contribution >= 0.6 is 0 Å². The van der Waals surface area contributed by atoms with Gasteiger partial charge < -0.3 is 5.32 Å². The minimum absolute atomic E-state index is 0.00587. The van der Waals surface area contributed by atoms with Crippen molar-refractivity contribution in [3.05, 3.63) is 28.4 Å². The lowest BCUT2D eigenvalue weighted by Gasteiger charge is -2.09. The molecule has 1 heterocycles. The molecule has 1 N–H and O–H groups in total. The van der Waals surface area contributed by atoms with E-state index in [1.54, 1.807) is 6.92 Å². The molecule has 0 aliphatic heterocycles. The lowest BCUT2D eigenvalue weighted by atomic mass is 10.2. The maximum atomic E-state index is 11.6. The number of hydrogen-bond donors (Lipinski definition) is 1. The molecular weight excluding hydrogens is 206 g/mol. The van der Waals surface area contributed by atoms with Crippen LogP contribution in [0.25, 0.3) is 0 Å². The van der Waals surface area contributed by atoms with E-state index in [9.17, 15) is 9.59 Å². The summed E-state index contributed by atoms with van der Waals surface area (Å²) in [5.41, 5.74) is 0.548. The lowest BCUT2D eigenvalue weighted by Crippen LogP contribution is -2.33. The maximum Gasteiger partial charge on any atom is 0.256 e. The highest BCUT2D eigenvalue weighted by Gasteiger charge is 2.05. The first-order valence-electron chi connectivity index (χ1n) is 5.31. The minimum atomic E-state index is -0.0613. The van der Waals surface area contributed by atoms with Crippen LogP contribution in [0.2, 0.25) is 0 Å². The predicted octanol–water partition coefficient (Wildman–Crippen LogP) is 0.324. The third kappa shape index (κ3) is 3.18. The maximum absolute atomic E-state index is 11.6. The second-order valence-corrected chi connectivity index (χ2v) is 4.02. The van der Waals surface area contributed by atoms with Crippen LogP contribution in [0.4, 0.5) is 0 Å². The number of aryl methyl sites for hydroxylation is 1. The van der Waals surface area contributed by atoms with Gasteiger partial charge in [-0.2, -0.15) is 0 Å². The number of amides is 1. The largest absolute Gasteiger partial charge is 0.354 e. The highest BCUT2D eigenvalue weighted by molar-refractivity contribution is 5.77. The topological polar surface area (TPSA) is 64.0 Å². The summed E-state index contributed by atoms with van der Waals surface area (Å²) in [6, 6.07) is 0. The monoisotopic (exact) mass is 223 g/mol. The van der Waals surface area contributed by atoms with Crippen LogP contribution in [0.15, 0.2) is 17.3 Å². The Hall–Kier alpha value is -1.65. The Morgan fingerprint density at radius 1 is 1.56 bits per heavy atom. The molecule has 5 nitrogen and oxygen atoms in total. The van der Waals surface area contributed by atoms with Crippen molar-refractivity contribution in [1.29, 1.82) is 0 Å². The van der Waals surface area contributed by atoms with E-state index in [1.165, 1.54) is 17.1 Å². The van der Waals surface area contributed by atoms with Crippen LogP contribution in [0.5, 0.6) is 0 Å². The summed E-state index contributed by atoms with van der Waals surface area (Å²) in [6.07, 6.45) is 3.02. The summed E-state index contributed by atoms with van der Waals surface area (Å²) < 4.78 is 1.50. The van der Waals surface area contributed by atoms with Gasteiger partial charge in [-0.1, -0.05) is 13.8 Å². The van der Waals surface area contributed by atoms with E-state index in [2.05, 4.69) is 10.3 Å². The fraction of sp³-hybridized carbons (Fsp3) is 0.545. The minimum Gasteiger partial charge on any atom is -0.354 e. The molecular formula is C11H17N3O2. The molecule has 0 fully saturated rings. The van der Waals surface area contributed by atoms with Crippen molar-refractivity contribution in [2.24, 2.45) is 5.92 Å². The molecule has 0 aliphatic carbocycles. The molecule has 1 aromatic heterocycles. The molecule has 0 spiro atoms. The van der Waals surface area contributed by atoms with E-state index < -0.39 is 0 Å². The SMILES string of the molecule is Cc1cncn(CCNC(=O)C(C)C)c1=O. The van der Waals surface area contributed by atoms with E-state index in [0.29, 0.717) is 18.7 Å². The number of aromatic nitrogens is 2. The van der Waals surface area contributed by atoms with Gasteiger partial charge in [-0.25, -0.2) is 4.98 Å². The molecule has 0 unspecified atom stereocenters. The van der Waals surface area contributed by atoms with Crippen LogP contribution in [0, 0.1) is 12.8 Å². The number of nitrogens with zero attached hydrogens (tertiary/aromatic N) is 2. The van der Waals surface area contributed by atoms with Crippen molar-refractivity contribution in [3.8, 4) is 0 Å². The van der Waals surface area contributed by atoms with E-state index in [-0.39, 0.29) is 17.4 Å². The molecule has 1 amide bonds. The summed E-state index contributed by atoms with van der Waals surface area (Å²) in [5, 5.41) is 2.75. The fourth-order valence-corrected chi connectivity index (χ4v) is 1.22. The Labute approximate surface area is 94.5 Å². The van der Waals surface area contributed by atoms with Gasteiger partial charge in [0, 0.05) is 30.8 Å². The van der Waals surface area contributed by atoms with Gasteiger partial charge in [0.15, 0.2) is 0 Å².